The van der Waals surface area contributed by atoms with E-state index in [1.54, 1.807) is 12.1 Å². The molecule has 0 atom stereocenters. The maximum atomic E-state index is 13.0. The molecule has 0 aliphatic heterocycles. The van der Waals surface area contributed by atoms with E-state index in [0.29, 0.717) is 15.8 Å². The van der Waals surface area contributed by atoms with Gasteiger partial charge in [-0.05, 0) is 62.7 Å². The molecule has 0 saturated heterocycles. The van der Waals surface area contributed by atoms with Crippen molar-refractivity contribution in [1.82, 2.24) is 10.2 Å². The van der Waals surface area contributed by atoms with Gasteiger partial charge in [-0.25, -0.2) is 4.79 Å². The van der Waals surface area contributed by atoms with Crippen molar-refractivity contribution in [1.29, 1.82) is 0 Å². The van der Waals surface area contributed by atoms with Crippen LogP contribution in [0.15, 0.2) is 35.0 Å². The Balaban J connectivity index is 1.63. The zero-order valence-corrected chi connectivity index (χ0v) is 17.5. The number of aliphatic hydroxyl groups is 1. The standard InChI is InChI=1S/C20H28N2O3S2/c1-21-11-12-22(2)15-7-9-16(10-8-15)25-19(23)20(24,17-5-3-13-26-17)18-6-4-14-27-18/h3-6,13-16,21,24H,7-12H2,1-2H3/t15-,16-. The second-order valence-corrected chi connectivity index (χ2v) is 8.98. The molecule has 148 valence electrons. The molecule has 0 spiro atoms. The number of rotatable bonds is 8. The fourth-order valence-electron chi connectivity index (χ4n) is 3.60. The summed E-state index contributed by atoms with van der Waals surface area (Å²) < 4.78 is 5.81. The van der Waals surface area contributed by atoms with Gasteiger partial charge in [-0.15, -0.1) is 22.7 Å². The smallest absolute Gasteiger partial charge is 0.349 e. The lowest BCUT2D eigenvalue weighted by Gasteiger charge is -2.35. The minimum absolute atomic E-state index is 0.127. The van der Waals surface area contributed by atoms with Crippen LogP contribution in [0.25, 0.3) is 0 Å². The van der Waals surface area contributed by atoms with Crippen molar-refractivity contribution in [2.75, 3.05) is 27.2 Å². The van der Waals surface area contributed by atoms with E-state index in [1.807, 2.05) is 29.9 Å². The zero-order chi connectivity index (χ0) is 19.3. The van der Waals surface area contributed by atoms with Crippen LogP contribution in [0.3, 0.4) is 0 Å². The Hall–Kier alpha value is -1.25. The summed E-state index contributed by atoms with van der Waals surface area (Å²) in [4.78, 5) is 16.6. The van der Waals surface area contributed by atoms with Gasteiger partial charge in [0.2, 0.25) is 5.60 Å². The minimum Gasteiger partial charge on any atom is -0.460 e. The summed E-state index contributed by atoms with van der Waals surface area (Å²) in [5.41, 5.74) is -1.71. The summed E-state index contributed by atoms with van der Waals surface area (Å²) in [6.07, 6.45) is 3.57. The van der Waals surface area contributed by atoms with Crippen LogP contribution in [-0.4, -0.2) is 55.3 Å². The van der Waals surface area contributed by atoms with Gasteiger partial charge in [-0.2, -0.15) is 0 Å². The fourth-order valence-corrected chi connectivity index (χ4v) is 5.32. The second kappa shape index (κ2) is 9.30. The number of ether oxygens (including phenoxy) is 1. The van der Waals surface area contributed by atoms with Crippen LogP contribution in [0, 0.1) is 0 Å². The van der Waals surface area contributed by atoms with Gasteiger partial charge in [0.05, 0.1) is 9.75 Å². The Morgan fingerprint density at radius 3 is 2.30 bits per heavy atom. The Kier molecular flexibility index (Phi) is 7.05. The number of thiophene rings is 2. The molecular formula is C20H28N2O3S2. The number of nitrogens with one attached hydrogen (secondary N) is 1. The van der Waals surface area contributed by atoms with Gasteiger partial charge in [0.1, 0.15) is 6.10 Å². The molecule has 2 aromatic heterocycles. The van der Waals surface area contributed by atoms with E-state index in [9.17, 15) is 9.90 Å². The van der Waals surface area contributed by atoms with E-state index < -0.39 is 11.6 Å². The summed E-state index contributed by atoms with van der Waals surface area (Å²) in [5.74, 6) is -0.556. The van der Waals surface area contributed by atoms with Crippen molar-refractivity contribution in [3.8, 4) is 0 Å². The second-order valence-electron chi connectivity index (χ2n) is 7.09. The maximum Gasteiger partial charge on any atom is 0.349 e. The first kappa shape index (κ1) is 20.5. The van der Waals surface area contributed by atoms with Crippen molar-refractivity contribution >= 4 is 28.6 Å². The normalized spacial score (nSPS) is 20.7. The lowest BCUT2D eigenvalue weighted by atomic mass is 9.91. The molecule has 2 heterocycles. The molecule has 7 heteroatoms. The van der Waals surface area contributed by atoms with Crippen LogP contribution >= 0.6 is 22.7 Å². The predicted octanol–water partition coefficient (Wildman–Crippen LogP) is 3.05. The molecule has 1 aliphatic carbocycles. The van der Waals surface area contributed by atoms with Crippen LogP contribution in [0.1, 0.15) is 35.4 Å². The van der Waals surface area contributed by atoms with Crippen molar-refractivity contribution in [3.05, 3.63) is 44.8 Å². The SMILES string of the molecule is CNCCN(C)[C@H]1CC[C@H](OC(=O)C(O)(c2cccs2)c2cccs2)CC1. The molecule has 0 radical (unpaired) electrons. The average molecular weight is 409 g/mol. The van der Waals surface area contributed by atoms with E-state index in [0.717, 1.165) is 38.8 Å². The first-order chi connectivity index (χ1) is 13.1. The highest BCUT2D eigenvalue weighted by atomic mass is 32.1. The largest absolute Gasteiger partial charge is 0.460 e. The molecule has 5 nitrogen and oxygen atoms in total. The third-order valence-electron chi connectivity index (χ3n) is 5.31. The van der Waals surface area contributed by atoms with Gasteiger partial charge in [-0.1, -0.05) is 12.1 Å². The number of hydrogen-bond donors (Lipinski definition) is 2. The molecule has 27 heavy (non-hydrogen) atoms. The lowest BCUT2D eigenvalue weighted by molar-refractivity contribution is -0.169. The van der Waals surface area contributed by atoms with Crippen LogP contribution in [0.4, 0.5) is 0 Å². The quantitative estimate of drug-likeness (QED) is 0.658. The molecule has 2 N–H and O–H groups in total. The summed E-state index contributed by atoms with van der Waals surface area (Å²) in [6.45, 7) is 1.99. The van der Waals surface area contributed by atoms with Crippen LogP contribution in [0.5, 0.6) is 0 Å². The first-order valence-electron chi connectivity index (χ1n) is 9.42. The highest BCUT2D eigenvalue weighted by molar-refractivity contribution is 7.12. The fraction of sp³-hybridized carbons (Fsp3) is 0.550. The third-order valence-corrected chi connectivity index (χ3v) is 7.26. The Labute approximate surface area is 169 Å². The van der Waals surface area contributed by atoms with Crippen LogP contribution in [-0.2, 0) is 15.1 Å². The summed E-state index contributed by atoms with van der Waals surface area (Å²) in [5, 5.41) is 18.2. The molecule has 1 aliphatic rings. The summed E-state index contributed by atoms with van der Waals surface area (Å²) in [6, 6.07) is 7.80. The number of esters is 1. The third kappa shape index (κ3) is 4.60. The number of likely N-dealkylation sites (N-methyl/N-ethyl adjacent to an activating group) is 2. The first-order valence-corrected chi connectivity index (χ1v) is 11.2. The van der Waals surface area contributed by atoms with Crippen molar-refractivity contribution in [3.63, 3.8) is 0 Å². The van der Waals surface area contributed by atoms with E-state index >= 15 is 0 Å². The molecule has 0 amide bonds. The number of nitrogens with zero attached hydrogens (tertiary/aromatic N) is 1. The van der Waals surface area contributed by atoms with Gasteiger partial charge < -0.3 is 20.1 Å². The van der Waals surface area contributed by atoms with E-state index in [1.165, 1.54) is 22.7 Å². The Bertz CT molecular complexity index is 661. The maximum absolute atomic E-state index is 13.0. The van der Waals surface area contributed by atoms with Crippen LogP contribution in [0.2, 0.25) is 0 Å². The topological polar surface area (TPSA) is 61.8 Å². The Morgan fingerprint density at radius 2 is 1.81 bits per heavy atom. The van der Waals surface area contributed by atoms with E-state index in [2.05, 4.69) is 17.3 Å². The Morgan fingerprint density at radius 1 is 1.22 bits per heavy atom. The molecule has 1 fully saturated rings. The molecule has 1 saturated carbocycles. The van der Waals surface area contributed by atoms with Gasteiger partial charge >= 0.3 is 5.97 Å². The molecule has 0 unspecified atom stereocenters. The highest BCUT2D eigenvalue weighted by Crippen LogP contribution is 2.38. The van der Waals surface area contributed by atoms with E-state index in [-0.39, 0.29) is 6.10 Å². The molecule has 0 aromatic carbocycles. The monoisotopic (exact) mass is 408 g/mol. The van der Waals surface area contributed by atoms with Crippen LogP contribution < -0.4 is 5.32 Å². The molecule has 2 aromatic rings. The zero-order valence-electron chi connectivity index (χ0n) is 15.9. The van der Waals surface area contributed by atoms with Crippen molar-refractivity contribution in [2.24, 2.45) is 0 Å². The van der Waals surface area contributed by atoms with Crippen molar-refractivity contribution in [2.45, 2.75) is 43.4 Å². The van der Waals surface area contributed by atoms with Gasteiger partial charge in [0, 0.05) is 19.1 Å². The number of carbonyl (C=O) groups is 1. The number of carbonyl (C=O) groups excluding carboxylic acids is 1. The summed E-state index contributed by atoms with van der Waals surface area (Å²) >= 11 is 2.75. The molecule has 0 bridgehead atoms. The number of hydrogen-bond acceptors (Lipinski definition) is 7. The predicted molar refractivity (Wildman–Crippen MR) is 110 cm³/mol. The molecule has 3 rings (SSSR count). The lowest BCUT2D eigenvalue weighted by Crippen LogP contribution is -2.43. The van der Waals surface area contributed by atoms with Crippen molar-refractivity contribution < 1.29 is 14.6 Å². The van der Waals surface area contributed by atoms with Gasteiger partial charge in [0.15, 0.2) is 0 Å². The van der Waals surface area contributed by atoms with E-state index in [4.69, 9.17) is 4.74 Å². The minimum atomic E-state index is -1.71. The van der Waals surface area contributed by atoms with Gasteiger partial charge in [0.25, 0.3) is 0 Å². The summed E-state index contributed by atoms with van der Waals surface area (Å²) in [7, 11) is 4.12. The highest BCUT2D eigenvalue weighted by Gasteiger charge is 2.45. The molecular weight excluding hydrogens is 380 g/mol. The average Bonchev–Trinajstić information content (AvgIpc) is 3.40. The van der Waals surface area contributed by atoms with Gasteiger partial charge in [-0.3, -0.25) is 0 Å².